The van der Waals surface area contributed by atoms with Gasteiger partial charge in [0.05, 0.1) is 0 Å². The number of hydrogen-bond donors (Lipinski definition) is 1. The molecule has 0 aromatic rings. The van der Waals surface area contributed by atoms with Crippen LogP contribution < -0.4 is 5.32 Å². The summed E-state index contributed by atoms with van der Waals surface area (Å²) in [4.78, 5) is 14.0. The van der Waals surface area contributed by atoms with Gasteiger partial charge >= 0.3 is 0 Å². The molecule has 15 heavy (non-hydrogen) atoms. The second-order valence-electron chi connectivity index (χ2n) is 4.74. The molecule has 0 spiro atoms. The van der Waals surface area contributed by atoms with Gasteiger partial charge in [-0.1, -0.05) is 26.7 Å². The molecule has 1 saturated heterocycles. The fourth-order valence-electron chi connectivity index (χ4n) is 2.22. The molecule has 2 unspecified atom stereocenters. The van der Waals surface area contributed by atoms with Crippen molar-refractivity contribution in [1.29, 1.82) is 0 Å². The quantitative estimate of drug-likeness (QED) is 0.768. The van der Waals surface area contributed by atoms with E-state index in [2.05, 4.69) is 26.1 Å². The van der Waals surface area contributed by atoms with Gasteiger partial charge in [-0.2, -0.15) is 0 Å². The highest BCUT2D eigenvalue weighted by molar-refractivity contribution is 5.76. The Labute approximate surface area is 93.2 Å². The molecule has 0 aromatic carbocycles. The maximum Gasteiger partial charge on any atom is 0.223 e. The van der Waals surface area contributed by atoms with Crippen LogP contribution >= 0.6 is 0 Å². The third kappa shape index (κ3) is 3.82. The van der Waals surface area contributed by atoms with E-state index < -0.39 is 0 Å². The van der Waals surface area contributed by atoms with Crippen LogP contribution in [0, 0.1) is 5.92 Å². The summed E-state index contributed by atoms with van der Waals surface area (Å²) in [6.45, 7) is 9.22. The fourth-order valence-corrected chi connectivity index (χ4v) is 2.22. The third-order valence-electron chi connectivity index (χ3n) is 3.13. The zero-order valence-corrected chi connectivity index (χ0v) is 10.3. The topological polar surface area (TPSA) is 32.3 Å². The van der Waals surface area contributed by atoms with Crippen LogP contribution in [-0.2, 0) is 4.79 Å². The van der Waals surface area contributed by atoms with Gasteiger partial charge < -0.3 is 10.2 Å². The van der Waals surface area contributed by atoms with Crippen molar-refractivity contribution in [2.45, 2.75) is 46.1 Å². The van der Waals surface area contributed by atoms with E-state index >= 15 is 0 Å². The zero-order chi connectivity index (χ0) is 11.3. The second-order valence-corrected chi connectivity index (χ2v) is 4.74. The molecule has 1 fully saturated rings. The lowest BCUT2D eigenvalue weighted by molar-refractivity contribution is -0.134. The molecule has 0 aromatic heterocycles. The van der Waals surface area contributed by atoms with Crippen LogP contribution in [0.25, 0.3) is 0 Å². The van der Waals surface area contributed by atoms with Gasteiger partial charge in [-0.15, -0.1) is 0 Å². The molecule has 0 saturated carbocycles. The molecule has 1 N–H and O–H groups in total. The van der Waals surface area contributed by atoms with E-state index in [4.69, 9.17) is 0 Å². The Bertz CT molecular complexity index is 206. The minimum Gasteiger partial charge on any atom is -0.337 e. The third-order valence-corrected chi connectivity index (χ3v) is 3.13. The highest BCUT2D eigenvalue weighted by Gasteiger charge is 2.23. The summed E-state index contributed by atoms with van der Waals surface area (Å²) in [7, 11) is 0. The smallest absolute Gasteiger partial charge is 0.223 e. The van der Waals surface area contributed by atoms with E-state index in [1.807, 2.05) is 4.90 Å². The van der Waals surface area contributed by atoms with Gasteiger partial charge in [0.25, 0.3) is 0 Å². The minimum atomic E-state index is 0.338. The average molecular weight is 212 g/mol. The van der Waals surface area contributed by atoms with Gasteiger partial charge in [-0.05, 0) is 12.8 Å². The summed E-state index contributed by atoms with van der Waals surface area (Å²) < 4.78 is 0. The minimum absolute atomic E-state index is 0.338. The fraction of sp³-hybridized carbons (Fsp3) is 0.917. The van der Waals surface area contributed by atoms with Crippen LogP contribution in [0.3, 0.4) is 0 Å². The molecule has 1 aliphatic heterocycles. The summed E-state index contributed by atoms with van der Waals surface area (Å²) >= 11 is 0. The molecule has 3 heteroatoms. The summed E-state index contributed by atoms with van der Waals surface area (Å²) in [5.74, 6) is 0.870. The van der Waals surface area contributed by atoms with Crippen molar-refractivity contribution in [2.24, 2.45) is 5.92 Å². The van der Waals surface area contributed by atoms with Crippen LogP contribution in [-0.4, -0.2) is 36.5 Å². The van der Waals surface area contributed by atoms with Crippen molar-refractivity contribution in [2.75, 3.05) is 19.6 Å². The lowest BCUT2D eigenvalue weighted by Gasteiger charge is -2.34. The van der Waals surface area contributed by atoms with Crippen molar-refractivity contribution in [1.82, 2.24) is 10.2 Å². The molecule has 0 radical (unpaired) electrons. The molecular formula is C12H24N2O. The van der Waals surface area contributed by atoms with E-state index in [1.54, 1.807) is 0 Å². The monoisotopic (exact) mass is 212 g/mol. The van der Waals surface area contributed by atoms with Gasteiger partial charge in [0.15, 0.2) is 0 Å². The van der Waals surface area contributed by atoms with Crippen molar-refractivity contribution in [3.8, 4) is 0 Å². The maximum atomic E-state index is 12.0. The molecular weight excluding hydrogens is 188 g/mol. The van der Waals surface area contributed by atoms with Gasteiger partial charge in [0, 0.05) is 32.1 Å². The Morgan fingerprint density at radius 2 is 2.33 bits per heavy atom. The molecule has 2 atom stereocenters. The Morgan fingerprint density at radius 3 is 2.93 bits per heavy atom. The number of rotatable bonds is 4. The van der Waals surface area contributed by atoms with E-state index in [-0.39, 0.29) is 0 Å². The number of carbonyl (C=O) groups excluding carboxylic acids is 1. The summed E-state index contributed by atoms with van der Waals surface area (Å²) in [6, 6.07) is 0.361. The van der Waals surface area contributed by atoms with Crippen LogP contribution in [0.5, 0.6) is 0 Å². The van der Waals surface area contributed by atoms with Gasteiger partial charge in [0.1, 0.15) is 0 Å². The lowest BCUT2D eigenvalue weighted by Crippen LogP contribution is -2.52. The first kappa shape index (κ1) is 12.5. The normalized spacial score (nSPS) is 23.9. The number of carbonyl (C=O) groups is 1. The van der Waals surface area contributed by atoms with Gasteiger partial charge in [0.2, 0.25) is 5.91 Å². The van der Waals surface area contributed by atoms with Gasteiger partial charge in [-0.25, -0.2) is 0 Å². The Balaban J connectivity index is 2.37. The number of nitrogens with one attached hydrogen (secondary N) is 1. The van der Waals surface area contributed by atoms with Crippen molar-refractivity contribution >= 4 is 5.91 Å². The molecule has 1 aliphatic rings. The highest BCUT2D eigenvalue weighted by Crippen LogP contribution is 2.14. The Kier molecular flexibility index (Phi) is 5.09. The maximum absolute atomic E-state index is 12.0. The number of nitrogens with zero attached hydrogens (tertiary/aromatic N) is 1. The van der Waals surface area contributed by atoms with E-state index in [0.717, 1.165) is 32.5 Å². The first-order valence-corrected chi connectivity index (χ1v) is 6.15. The van der Waals surface area contributed by atoms with E-state index in [9.17, 15) is 4.79 Å². The summed E-state index contributed by atoms with van der Waals surface area (Å²) in [6.07, 6.45) is 3.05. The van der Waals surface area contributed by atoms with Crippen LogP contribution in [0.15, 0.2) is 0 Å². The summed E-state index contributed by atoms with van der Waals surface area (Å²) in [5.41, 5.74) is 0. The number of hydrogen-bond acceptors (Lipinski definition) is 2. The molecule has 0 aliphatic carbocycles. The zero-order valence-electron chi connectivity index (χ0n) is 10.3. The standard InChI is InChI=1S/C12H24N2O/c1-4-5-10(2)8-12(15)14-7-6-13-9-11(14)3/h10-11,13H,4-9H2,1-3H3. The average Bonchev–Trinajstić information content (AvgIpc) is 2.18. The molecule has 0 bridgehead atoms. The SMILES string of the molecule is CCCC(C)CC(=O)N1CCNCC1C. The molecule has 1 rings (SSSR count). The van der Waals surface area contributed by atoms with Crippen molar-refractivity contribution in [3.05, 3.63) is 0 Å². The number of amides is 1. The molecule has 3 nitrogen and oxygen atoms in total. The lowest BCUT2D eigenvalue weighted by atomic mass is 10.0. The molecule has 88 valence electrons. The second kappa shape index (κ2) is 6.11. The Morgan fingerprint density at radius 1 is 1.60 bits per heavy atom. The molecule has 1 heterocycles. The predicted molar refractivity (Wildman–Crippen MR) is 62.7 cm³/mol. The van der Waals surface area contributed by atoms with Crippen molar-refractivity contribution in [3.63, 3.8) is 0 Å². The van der Waals surface area contributed by atoms with Gasteiger partial charge in [-0.3, -0.25) is 4.79 Å². The van der Waals surface area contributed by atoms with E-state index in [0.29, 0.717) is 17.9 Å². The van der Waals surface area contributed by atoms with Crippen LogP contribution in [0.1, 0.15) is 40.0 Å². The number of piperazine rings is 1. The van der Waals surface area contributed by atoms with Crippen LogP contribution in [0.2, 0.25) is 0 Å². The summed E-state index contributed by atoms with van der Waals surface area (Å²) in [5, 5.41) is 3.30. The largest absolute Gasteiger partial charge is 0.337 e. The van der Waals surface area contributed by atoms with Crippen LogP contribution in [0.4, 0.5) is 0 Å². The predicted octanol–water partition coefficient (Wildman–Crippen LogP) is 1.63. The first-order valence-electron chi connectivity index (χ1n) is 6.15. The Hall–Kier alpha value is -0.570. The molecule has 1 amide bonds. The van der Waals surface area contributed by atoms with E-state index in [1.165, 1.54) is 6.42 Å². The van der Waals surface area contributed by atoms with Crippen molar-refractivity contribution < 1.29 is 4.79 Å². The first-order chi connectivity index (χ1) is 7.15. The highest BCUT2D eigenvalue weighted by atomic mass is 16.2.